The van der Waals surface area contributed by atoms with E-state index in [0.717, 1.165) is 18.1 Å². The van der Waals surface area contributed by atoms with Crippen LogP contribution in [0.25, 0.3) is 0 Å². The van der Waals surface area contributed by atoms with Crippen molar-refractivity contribution in [1.29, 1.82) is 0 Å². The summed E-state index contributed by atoms with van der Waals surface area (Å²) >= 11 is 0. The maximum absolute atomic E-state index is 5.59. The molecule has 0 saturated heterocycles. The molecule has 1 heterocycles. The molecule has 0 aromatic carbocycles. The number of rotatable bonds is 6. The maximum Gasteiger partial charge on any atom is 0.131 e. The van der Waals surface area contributed by atoms with Crippen molar-refractivity contribution >= 4 is 11.6 Å². The maximum atomic E-state index is 5.59. The van der Waals surface area contributed by atoms with E-state index >= 15 is 0 Å². The first-order valence-electron chi connectivity index (χ1n) is 6.16. The third-order valence-corrected chi connectivity index (χ3v) is 2.83. The average Bonchev–Trinajstić information content (AvgIpc) is 3.01. The van der Waals surface area contributed by atoms with Crippen molar-refractivity contribution in [2.24, 2.45) is 5.73 Å². The molecule has 94 valence electrons. The van der Waals surface area contributed by atoms with Crippen LogP contribution >= 0.6 is 0 Å². The zero-order valence-electron chi connectivity index (χ0n) is 10.5. The number of hydrogen-bond acceptors (Lipinski definition) is 5. The number of nitrogens with zero attached hydrogens (tertiary/aromatic N) is 2. The normalized spacial score (nSPS) is 15.7. The molecule has 1 aromatic rings. The van der Waals surface area contributed by atoms with Gasteiger partial charge in [0, 0.05) is 17.6 Å². The van der Waals surface area contributed by atoms with Crippen LogP contribution in [-0.2, 0) is 0 Å². The van der Waals surface area contributed by atoms with Crippen molar-refractivity contribution in [3.05, 3.63) is 12.4 Å². The summed E-state index contributed by atoms with van der Waals surface area (Å²) in [4.78, 5) is 8.44. The van der Waals surface area contributed by atoms with Gasteiger partial charge in [-0.25, -0.2) is 9.97 Å². The monoisotopic (exact) mass is 235 g/mol. The topological polar surface area (TPSA) is 75.9 Å². The molecule has 1 aliphatic carbocycles. The molecular weight excluding hydrogens is 214 g/mol. The van der Waals surface area contributed by atoms with E-state index in [1.165, 1.54) is 12.8 Å². The lowest BCUT2D eigenvalue weighted by Gasteiger charge is -2.26. The van der Waals surface area contributed by atoms with Crippen molar-refractivity contribution < 1.29 is 0 Å². The summed E-state index contributed by atoms with van der Waals surface area (Å²) < 4.78 is 0. The Morgan fingerprint density at radius 3 is 2.71 bits per heavy atom. The molecule has 0 radical (unpaired) electrons. The molecule has 5 heteroatoms. The SMILES string of the molecule is CC(C)(CCN)Nc1cc(NC2CC2)ncn1. The fourth-order valence-corrected chi connectivity index (χ4v) is 1.71. The summed E-state index contributed by atoms with van der Waals surface area (Å²) in [5, 5.41) is 6.74. The first-order valence-corrected chi connectivity index (χ1v) is 6.16. The lowest BCUT2D eigenvalue weighted by Crippen LogP contribution is -2.33. The van der Waals surface area contributed by atoms with Crippen molar-refractivity contribution in [1.82, 2.24) is 9.97 Å². The first-order chi connectivity index (χ1) is 8.09. The van der Waals surface area contributed by atoms with E-state index in [1.807, 2.05) is 6.07 Å². The largest absolute Gasteiger partial charge is 0.367 e. The second-order valence-corrected chi connectivity index (χ2v) is 5.25. The third kappa shape index (κ3) is 3.85. The molecule has 1 aromatic heterocycles. The zero-order valence-corrected chi connectivity index (χ0v) is 10.5. The molecule has 1 saturated carbocycles. The predicted molar refractivity (Wildman–Crippen MR) is 70.0 cm³/mol. The first kappa shape index (κ1) is 12.1. The van der Waals surface area contributed by atoms with Crippen LogP contribution in [0, 0.1) is 0 Å². The van der Waals surface area contributed by atoms with Crippen molar-refractivity contribution in [3.8, 4) is 0 Å². The molecule has 4 N–H and O–H groups in total. The van der Waals surface area contributed by atoms with E-state index in [0.29, 0.717) is 12.6 Å². The average molecular weight is 235 g/mol. The second-order valence-electron chi connectivity index (χ2n) is 5.25. The third-order valence-electron chi connectivity index (χ3n) is 2.83. The molecule has 0 atom stereocenters. The van der Waals surface area contributed by atoms with Gasteiger partial charge in [0.1, 0.15) is 18.0 Å². The predicted octanol–water partition coefficient (Wildman–Crippen LogP) is 1.59. The second kappa shape index (κ2) is 4.87. The Kier molecular flexibility index (Phi) is 3.47. The van der Waals surface area contributed by atoms with Gasteiger partial charge in [-0.15, -0.1) is 0 Å². The van der Waals surface area contributed by atoms with Gasteiger partial charge in [-0.05, 0) is 39.7 Å². The molecule has 0 bridgehead atoms. The van der Waals surface area contributed by atoms with Crippen LogP contribution in [0.15, 0.2) is 12.4 Å². The van der Waals surface area contributed by atoms with Crippen LogP contribution in [0.3, 0.4) is 0 Å². The summed E-state index contributed by atoms with van der Waals surface area (Å²) in [6.07, 6.45) is 4.98. The summed E-state index contributed by atoms with van der Waals surface area (Å²) in [6.45, 7) is 4.91. The van der Waals surface area contributed by atoms with Crippen LogP contribution in [0.5, 0.6) is 0 Å². The minimum Gasteiger partial charge on any atom is -0.367 e. The Morgan fingerprint density at radius 1 is 1.35 bits per heavy atom. The minimum atomic E-state index is -0.0417. The van der Waals surface area contributed by atoms with Crippen LogP contribution in [0.1, 0.15) is 33.1 Å². The quantitative estimate of drug-likeness (QED) is 0.698. The van der Waals surface area contributed by atoms with E-state index in [1.54, 1.807) is 6.33 Å². The fourth-order valence-electron chi connectivity index (χ4n) is 1.71. The molecular formula is C12H21N5. The van der Waals surface area contributed by atoms with Crippen LogP contribution in [0.4, 0.5) is 11.6 Å². The molecule has 1 fully saturated rings. The fraction of sp³-hybridized carbons (Fsp3) is 0.667. The van der Waals surface area contributed by atoms with Gasteiger partial charge in [0.25, 0.3) is 0 Å². The summed E-state index contributed by atoms with van der Waals surface area (Å²) in [6, 6.07) is 2.56. The lowest BCUT2D eigenvalue weighted by atomic mass is 10.0. The van der Waals surface area contributed by atoms with Crippen molar-refractivity contribution in [2.45, 2.75) is 44.7 Å². The minimum absolute atomic E-state index is 0.0417. The van der Waals surface area contributed by atoms with Gasteiger partial charge >= 0.3 is 0 Å². The standard InChI is InChI=1S/C12H21N5/c1-12(2,5-6-13)17-11-7-10(14-8-15-11)16-9-3-4-9/h7-9H,3-6,13H2,1-2H3,(H2,14,15,16,17). The van der Waals surface area contributed by atoms with E-state index in [-0.39, 0.29) is 5.54 Å². The summed E-state index contributed by atoms with van der Waals surface area (Å²) in [5.41, 5.74) is 5.55. The van der Waals surface area contributed by atoms with E-state index in [4.69, 9.17) is 5.73 Å². The Hall–Kier alpha value is -1.36. The highest BCUT2D eigenvalue weighted by atomic mass is 15.1. The van der Waals surface area contributed by atoms with Crippen LogP contribution < -0.4 is 16.4 Å². The highest BCUT2D eigenvalue weighted by Gasteiger charge is 2.22. The van der Waals surface area contributed by atoms with Gasteiger partial charge in [0.05, 0.1) is 0 Å². The number of hydrogen-bond donors (Lipinski definition) is 3. The molecule has 1 aliphatic rings. The molecule has 0 aliphatic heterocycles. The van der Waals surface area contributed by atoms with Crippen LogP contribution in [0.2, 0.25) is 0 Å². The Balaban J connectivity index is 1.99. The molecule has 2 rings (SSSR count). The Morgan fingerprint density at radius 2 is 2.06 bits per heavy atom. The van der Waals surface area contributed by atoms with Gasteiger partial charge in [0.15, 0.2) is 0 Å². The van der Waals surface area contributed by atoms with Crippen molar-refractivity contribution in [2.75, 3.05) is 17.2 Å². The van der Waals surface area contributed by atoms with Gasteiger partial charge in [0.2, 0.25) is 0 Å². The highest BCUT2D eigenvalue weighted by Crippen LogP contribution is 2.24. The van der Waals surface area contributed by atoms with Gasteiger partial charge in [-0.1, -0.05) is 0 Å². The van der Waals surface area contributed by atoms with Gasteiger partial charge < -0.3 is 16.4 Å². The van der Waals surface area contributed by atoms with Crippen LogP contribution in [-0.4, -0.2) is 28.1 Å². The molecule has 0 amide bonds. The van der Waals surface area contributed by atoms with E-state index in [2.05, 4.69) is 34.4 Å². The molecule has 17 heavy (non-hydrogen) atoms. The van der Waals surface area contributed by atoms with E-state index in [9.17, 15) is 0 Å². The lowest BCUT2D eigenvalue weighted by molar-refractivity contribution is 0.524. The zero-order chi connectivity index (χ0) is 12.3. The number of aromatic nitrogens is 2. The van der Waals surface area contributed by atoms with E-state index < -0.39 is 0 Å². The summed E-state index contributed by atoms with van der Waals surface area (Å²) in [5.74, 6) is 1.75. The Bertz CT molecular complexity index is 373. The summed E-state index contributed by atoms with van der Waals surface area (Å²) in [7, 11) is 0. The highest BCUT2D eigenvalue weighted by molar-refractivity contribution is 5.48. The number of nitrogens with two attached hydrogens (primary N) is 1. The smallest absolute Gasteiger partial charge is 0.131 e. The molecule has 0 unspecified atom stereocenters. The number of nitrogens with one attached hydrogen (secondary N) is 2. The van der Waals surface area contributed by atoms with Gasteiger partial charge in [-0.3, -0.25) is 0 Å². The molecule has 5 nitrogen and oxygen atoms in total. The molecule has 0 spiro atoms. The number of anilines is 2. The Labute approximate surface area is 102 Å². The van der Waals surface area contributed by atoms with Gasteiger partial charge in [-0.2, -0.15) is 0 Å². The van der Waals surface area contributed by atoms with Crippen molar-refractivity contribution in [3.63, 3.8) is 0 Å².